The number of benzene rings is 2. The Morgan fingerprint density at radius 1 is 1.07 bits per heavy atom. The van der Waals surface area contributed by atoms with Gasteiger partial charge in [-0.25, -0.2) is 9.97 Å². The van der Waals surface area contributed by atoms with Gasteiger partial charge in [-0.05, 0) is 19.4 Å². The SMILES string of the molecule is Cc1ccc(-c2nc(SCCO)c3c(n2)-c2sc4ccccc4c2SCC3)cc1. The fourth-order valence-electron chi connectivity index (χ4n) is 3.55. The van der Waals surface area contributed by atoms with Gasteiger partial charge < -0.3 is 5.11 Å². The van der Waals surface area contributed by atoms with Gasteiger partial charge in [0.25, 0.3) is 0 Å². The number of thioether (sulfide) groups is 2. The molecule has 3 heterocycles. The van der Waals surface area contributed by atoms with Crippen molar-refractivity contribution in [1.82, 2.24) is 9.97 Å². The number of thiophene rings is 1. The van der Waals surface area contributed by atoms with E-state index >= 15 is 0 Å². The number of aromatic nitrogens is 2. The molecule has 0 saturated heterocycles. The third kappa shape index (κ3) is 3.59. The minimum absolute atomic E-state index is 0.145. The molecule has 4 aromatic rings. The first-order valence-corrected chi connectivity index (χ1v) is 12.4. The molecule has 2 aromatic carbocycles. The number of hydrogen-bond acceptors (Lipinski definition) is 6. The first-order chi connectivity index (χ1) is 14.2. The van der Waals surface area contributed by atoms with Crippen LogP contribution in [-0.2, 0) is 6.42 Å². The zero-order chi connectivity index (χ0) is 19.8. The first kappa shape index (κ1) is 19.1. The molecule has 2 aromatic heterocycles. The van der Waals surface area contributed by atoms with E-state index in [1.165, 1.54) is 31.0 Å². The normalized spacial score (nSPS) is 13.2. The van der Waals surface area contributed by atoms with Crippen molar-refractivity contribution in [3.05, 3.63) is 59.7 Å². The Bertz CT molecular complexity index is 1180. The topological polar surface area (TPSA) is 46.0 Å². The molecular formula is C23H20N2OS3. The summed E-state index contributed by atoms with van der Waals surface area (Å²) in [6.45, 7) is 2.23. The predicted molar refractivity (Wildman–Crippen MR) is 125 cm³/mol. The second kappa shape index (κ2) is 8.11. The van der Waals surface area contributed by atoms with Crippen LogP contribution >= 0.6 is 34.9 Å². The Labute approximate surface area is 182 Å². The number of aliphatic hydroxyl groups excluding tert-OH is 1. The highest BCUT2D eigenvalue weighted by molar-refractivity contribution is 8.00. The van der Waals surface area contributed by atoms with Crippen LogP contribution < -0.4 is 0 Å². The summed E-state index contributed by atoms with van der Waals surface area (Å²) < 4.78 is 1.30. The largest absolute Gasteiger partial charge is 0.396 e. The van der Waals surface area contributed by atoms with Gasteiger partial charge in [0.15, 0.2) is 5.82 Å². The van der Waals surface area contributed by atoms with Crippen molar-refractivity contribution >= 4 is 44.9 Å². The summed E-state index contributed by atoms with van der Waals surface area (Å²) in [4.78, 5) is 12.6. The molecule has 0 bridgehead atoms. The van der Waals surface area contributed by atoms with E-state index in [0.29, 0.717) is 5.75 Å². The smallest absolute Gasteiger partial charge is 0.161 e. The molecule has 0 spiro atoms. The molecule has 1 aliphatic rings. The van der Waals surface area contributed by atoms with E-state index in [2.05, 4.69) is 55.5 Å². The van der Waals surface area contributed by atoms with Crippen LogP contribution in [0.25, 0.3) is 32.0 Å². The van der Waals surface area contributed by atoms with E-state index in [1.807, 2.05) is 23.1 Å². The van der Waals surface area contributed by atoms with Crippen LogP contribution in [0.15, 0.2) is 58.5 Å². The Morgan fingerprint density at radius 2 is 1.90 bits per heavy atom. The van der Waals surface area contributed by atoms with Crippen molar-refractivity contribution in [2.24, 2.45) is 0 Å². The van der Waals surface area contributed by atoms with E-state index in [9.17, 15) is 5.11 Å². The minimum atomic E-state index is 0.145. The lowest BCUT2D eigenvalue weighted by atomic mass is 10.1. The molecule has 29 heavy (non-hydrogen) atoms. The first-order valence-electron chi connectivity index (χ1n) is 9.61. The van der Waals surface area contributed by atoms with Gasteiger partial charge >= 0.3 is 0 Å². The lowest BCUT2D eigenvalue weighted by molar-refractivity contribution is 0.322. The number of aliphatic hydroxyl groups is 1. The van der Waals surface area contributed by atoms with Gasteiger partial charge in [-0.15, -0.1) is 34.9 Å². The lowest BCUT2D eigenvalue weighted by Crippen LogP contribution is -2.03. The fraction of sp³-hybridized carbons (Fsp3) is 0.217. The molecule has 0 saturated carbocycles. The van der Waals surface area contributed by atoms with Crippen molar-refractivity contribution in [1.29, 1.82) is 0 Å². The maximum Gasteiger partial charge on any atom is 0.161 e. The standard InChI is InChI=1S/C23H20N2OS3/c1-14-6-8-15(9-7-14)22-24-19-17(23(25-22)28-13-11-26)10-12-27-20-16-4-2-3-5-18(16)29-21(19)20/h2-9,26H,10-13H2,1H3. The highest BCUT2D eigenvalue weighted by Gasteiger charge is 2.25. The van der Waals surface area contributed by atoms with Crippen LogP contribution in [0.5, 0.6) is 0 Å². The summed E-state index contributed by atoms with van der Waals surface area (Å²) in [5, 5.41) is 11.7. The summed E-state index contributed by atoms with van der Waals surface area (Å²) in [6, 6.07) is 17.0. The number of rotatable bonds is 4. The predicted octanol–water partition coefficient (Wildman–Crippen LogP) is 6.07. The van der Waals surface area contributed by atoms with E-state index in [4.69, 9.17) is 9.97 Å². The molecular weight excluding hydrogens is 416 g/mol. The molecule has 3 nitrogen and oxygen atoms in total. The molecule has 146 valence electrons. The van der Waals surface area contributed by atoms with Gasteiger partial charge in [0.05, 0.1) is 17.2 Å². The second-order valence-electron chi connectivity index (χ2n) is 6.97. The average Bonchev–Trinajstić information content (AvgIpc) is 3.01. The molecule has 1 N–H and O–H groups in total. The Morgan fingerprint density at radius 3 is 2.72 bits per heavy atom. The summed E-state index contributed by atoms with van der Waals surface area (Å²) in [7, 11) is 0. The van der Waals surface area contributed by atoms with E-state index in [-0.39, 0.29) is 6.61 Å². The van der Waals surface area contributed by atoms with Crippen molar-refractivity contribution in [3.63, 3.8) is 0 Å². The fourth-order valence-corrected chi connectivity index (χ4v) is 6.91. The molecule has 5 rings (SSSR count). The van der Waals surface area contributed by atoms with Crippen LogP contribution in [0.4, 0.5) is 0 Å². The Balaban J connectivity index is 1.75. The number of nitrogens with zero attached hydrogens (tertiary/aromatic N) is 2. The van der Waals surface area contributed by atoms with Crippen molar-refractivity contribution in [2.75, 3.05) is 18.1 Å². The molecule has 6 heteroatoms. The molecule has 0 radical (unpaired) electrons. The Kier molecular flexibility index (Phi) is 5.35. The zero-order valence-electron chi connectivity index (χ0n) is 16.0. The maximum atomic E-state index is 9.39. The summed E-state index contributed by atoms with van der Waals surface area (Å²) in [5.74, 6) is 2.42. The van der Waals surface area contributed by atoms with E-state index in [0.717, 1.165) is 34.3 Å². The van der Waals surface area contributed by atoms with Gasteiger partial charge in [0.2, 0.25) is 0 Å². The van der Waals surface area contributed by atoms with Crippen LogP contribution in [0.3, 0.4) is 0 Å². The van der Waals surface area contributed by atoms with Gasteiger partial charge in [0.1, 0.15) is 5.03 Å². The number of aryl methyl sites for hydroxylation is 1. The molecule has 0 amide bonds. The quantitative estimate of drug-likeness (QED) is 0.311. The molecule has 1 aliphatic heterocycles. The Hall–Kier alpha value is -1.86. The third-order valence-electron chi connectivity index (χ3n) is 4.97. The molecule has 0 aliphatic carbocycles. The third-order valence-corrected chi connectivity index (χ3v) is 8.40. The van der Waals surface area contributed by atoms with Gasteiger partial charge in [-0.1, -0.05) is 48.0 Å². The van der Waals surface area contributed by atoms with Crippen molar-refractivity contribution in [3.8, 4) is 22.0 Å². The number of fused-ring (bicyclic) bond motifs is 5. The van der Waals surface area contributed by atoms with Gasteiger partial charge in [-0.2, -0.15) is 0 Å². The van der Waals surface area contributed by atoms with Crippen LogP contribution in [0.1, 0.15) is 11.1 Å². The molecule has 0 atom stereocenters. The van der Waals surface area contributed by atoms with Crippen LogP contribution in [-0.4, -0.2) is 33.2 Å². The highest BCUT2D eigenvalue weighted by atomic mass is 32.2. The molecule has 0 unspecified atom stereocenters. The van der Waals surface area contributed by atoms with Gasteiger partial charge in [-0.3, -0.25) is 0 Å². The van der Waals surface area contributed by atoms with E-state index < -0.39 is 0 Å². The number of hydrogen-bond donors (Lipinski definition) is 1. The van der Waals surface area contributed by atoms with Crippen molar-refractivity contribution in [2.45, 2.75) is 23.3 Å². The molecule has 0 fully saturated rings. The monoisotopic (exact) mass is 436 g/mol. The minimum Gasteiger partial charge on any atom is -0.396 e. The summed E-state index contributed by atoms with van der Waals surface area (Å²) in [5.41, 5.74) is 4.54. The van der Waals surface area contributed by atoms with Crippen molar-refractivity contribution < 1.29 is 5.11 Å². The van der Waals surface area contributed by atoms with Crippen LogP contribution in [0.2, 0.25) is 0 Å². The zero-order valence-corrected chi connectivity index (χ0v) is 18.5. The summed E-state index contributed by atoms with van der Waals surface area (Å²) >= 11 is 5.38. The lowest BCUT2D eigenvalue weighted by Gasteiger charge is -2.13. The summed E-state index contributed by atoms with van der Waals surface area (Å²) in [6.07, 6.45) is 0.942. The van der Waals surface area contributed by atoms with Gasteiger partial charge in [0, 0.05) is 37.6 Å². The average molecular weight is 437 g/mol. The van der Waals surface area contributed by atoms with E-state index in [1.54, 1.807) is 11.8 Å². The maximum absolute atomic E-state index is 9.39. The highest BCUT2D eigenvalue weighted by Crippen LogP contribution is 2.48. The van der Waals surface area contributed by atoms with Crippen LogP contribution in [0, 0.1) is 6.92 Å². The second-order valence-corrected chi connectivity index (χ2v) is 10.2.